The van der Waals surface area contributed by atoms with Gasteiger partial charge in [0.2, 0.25) is 0 Å². The van der Waals surface area contributed by atoms with Crippen molar-refractivity contribution < 1.29 is 0 Å². The highest BCUT2D eigenvalue weighted by Crippen LogP contribution is 2.27. The highest BCUT2D eigenvalue weighted by atomic mass is 127. The average Bonchev–Trinajstić information content (AvgIpc) is 3.34. The zero-order valence-electron chi connectivity index (χ0n) is 14.5. The maximum atomic E-state index is 4.60. The number of aliphatic imine (C=N–C) groups is 1. The van der Waals surface area contributed by atoms with E-state index >= 15 is 0 Å². The number of nitrogens with one attached hydrogen (secondary N) is 2. The molecule has 1 aliphatic rings. The fraction of sp³-hybridized carbons (Fsp3) is 0.647. The van der Waals surface area contributed by atoms with E-state index in [4.69, 9.17) is 0 Å². The van der Waals surface area contributed by atoms with Gasteiger partial charge in [-0.05, 0) is 45.7 Å². The molecule has 1 heterocycles. The van der Waals surface area contributed by atoms with Crippen LogP contribution >= 0.6 is 24.0 Å². The van der Waals surface area contributed by atoms with Gasteiger partial charge in [-0.2, -0.15) is 0 Å². The summed E-state index contributed by atoms with van der Waals surface area (Å²) in [7, 11) is 0. The maximum absolute atomic E-state index is 4.60. The summed E-state index contributed by atoms with van der Waals surface area (Å²) in [6.45, 7) is 10.1. The molecule has 0 aliphatic heterocycles. The van der Waals surface area contributed by atoms with Crippen LogP contribution in [-0.4, -0.2) is 47.6 Å². The zero-order chi connectivity index (χ0) is 15.8. The van der Waals surface area contributed by atoms with Gasteiger partial charge in [0, 0.05) is 37.9 Å². The Bertz CT molecular complexity index is 457. The summed E-state index contributed by atoms with van der Waals surface area (Å²) in [4.78, 5) is 11.5. The first kappa shape index (κ1) is 20.2. The average molecular weight is 431 g/mol. The fourth-order valence-electron chi connectivity index (χ4n) is 2.57. The Balaban J connectivity index is 0.00000264. The lowest BCUT2D eigenvalue weighted by Crippen LogP contribution is -2.43. The second-order valence-corrected chi connectivity index (χ2v) is 6.01. The van der Waals surface area contributed by atoms with Gasteiger partial charge in [-0.3, -0.25) is 9.88 Å². The largest absolute Gasteiger partial charge is 0.357 e. The minimum atomic E-state index is 0. The van der Waals surface area contributed by atoms with Gasteiger partial charge >= 0.3 is 0 Å². The number of aromatic nitrogens is 1. The summed E-state index contributed by atoms with van der Waals surface area (Å²) < 4.78 is 0. The topological polar surface area (TPSA) is 52.6 Å². The molecular weight excluding hydrogens is 401 g/mol. The number of pyridine rings is 1. The molecule has 0 amide bonds. The Morgan fingerprint density at radius 3 is 2.70 bits per heavy atom. The van der Waals surface area contributed by atoms with Crippen LogP contribution in [0.5, 0.6) is 0 Å². The van der Waals surface area contributed by atoms with Crippen LogP contribution in [0, 0.1) is 0 Å². The normalized spacial score (nSPS) is 14.7. The van der Waals surface area contributed by atoms with E-state index < -0.39 is 0 Å². The van der Waals surface area contributed by atoms with Crippen molar-refractivity contribution >= 4 is 29.9 Å². The van der Waals surface area contributed by atoms with E-state index in [1.165, 1.54) is 12.8 Å². The summed E-state index contributed by atoms with van der Waals surface area (Å²) in [5, 5.41) is 6.72. The summed E-state index contributed by atoms with van der Waals surface area (Å²) >= 11 is 0. The molecule has 23 heavy (non-hydrogen) atoms. The molecule has 130 valence electrons. The lowest BCUT2D eigenvalue weighted by Gasteiger charge is -2.26. The Morgan fingerprint density at radius 1 is 1.35 bits per heavy atom. The zero-order valence-corrected chi connectivity index (χ0v) is 16.8. The van der Waals surface area contributed by atoms with E-state index in [-0.39, 0.29) is 24.0 Å². The van der Waals surface area contributed by atoms with Gasteiger partial charge < -0.3 is 10.6 Å². The molecule has 0 radical (unpaired) electrons. The van der Waals surface area contributed by atoms with Crippen molar-refractivity contribution in [2.24, 2.45) is 4.99 Å². The maximum Gasteiger partial charge on any atom is 0.191 e. The first-order valence-corrected chi connectivity index (χ1v) is 8.38. The molecular formula is C17H30IN5. The van der Waals surface area contributed by atoms with Crippen molar-refractivity contribution in [2.45, 2.75) is 52.2 Å². The Kier molecular flexibility index (Phi) is 9.47. The van der Waals surface area contributed by atoms with Crippen molar-refractivity contribution in [3.8, 4) is 0 Å². The third-order valence-corrected chi connectivity index (χ3v) is 3.81. The third-order valence-electron chi connectivity index (χ3n) is 3.81. The van der Waals surface area contributed by atoms with Crippen LogP contribution in [0.25, 0.3) is 0 Å². The molecule has 0 unspecified atom stereocenters. The molecule has 1 fully saturated rings. The van der Waals surface area contributed by atoms with E-state index in [9.17, 15) is 0 Å². The van der Waals surface area contributed by atoms with Crippen molar-refractivity contribution in [1.29, 1.82) is 0 Å². The first-order valence-electron chi connectivity index (χ1n) is 8.38. The molecule has 0 saturated heterocycles. The van der Waals surface area contributed by atoms with Gasteiger partial charge in [0.15, 0.2) is 5.96 Å². The molecule has 1 aromatic heterocycles. The molecule has 0 spiro atoms. The van der Waals surface area contributed by atoms with Crippen molar-refractivity contribution in [1.82, 2.24) is 20.5 Å². The summed E-state index contributed by atoms with van der Waals surface area (Å²) in [6.07, 6.45) is 4.51. The molecule has 1 aromatic rings. The van der Waals surface area contributed by atoms with Crippen LogP contribution in [-0.2, 0) is 6.54 Å². The highest BCUT2D eigenvalue weighted by Gasteiger charge is 2.29. The summed E-state index contributed by atoms with van der Waals surface area (Å²) in [5.41, 5.74) is 0.987. The number of halogens is 1. The number of hydrogen-bond acceptors (Lipinski definition) is 3. The van der Waals surface area contributed by atoms with E-state index in [1.54, 1.807) is 6.20 Å². The molecule has 0 aromatic carbocycles. The Hall–Kier alpha value is -0.890. The van der Waals surface area contributed by atoms with Crippen LogP contribution in [0.3, 0.4) is 0 Å². The molecule has 0 atom stereocenters. The smallest absolute Gasteiger partial charge is 0.191 e. The lowest BCUT2D eigenvalue weighted by atomic mass is 10.3. The molecule has 1 aliphatic carbocycles. The molecule has 5 nitrogen and oxygen atoms in total. The molecule has 1 saturated carbocycles. The number of guanidine groups is 1. The number of rotatable bonds is 8. The highest BCUT2D eigenvalue weighted by molar-refractivity contribution is 14.0. The van der Waals surface area contributed by atoms with E-state index in [0.717, 1.165) is 37.3 Å². The monoisotopic (exact) mass is 431 g/mol. The standard InChI is InChI=1S/C17H29N5.HI/c1-4-18-17(21-13-15-7-5-6-10-19-15)20-11-12-22(14(2)3)16-8-9-16;/h5-7,10,14,16H,4,8-9,11-13H2,1-3H3,(H2,18,20,21);1H. The predicted octanol–water partition coefficient (Wildman–Crippen LogP) is 2.63. The fourth-order valence-corrected chi connectivity index (χ4v) is 2.57. The summed E-state index contributed by atoms with van der Waals surface area (Å²) in [6, 6.07) is 7.33. The predicted molar refractivity (Wildman–Crippen MR) is 107 cm³/mol. The van der Waals surface area contributed by atoms with Gasteiger partial charge in [0.05, 0.1) is 12.2 Å². The molecule has 6 heteroatoms. The van der Waals surface area contributed by atoms with Gasteiger partial charge in [-0.25, -0.2) is 4.99 Å². The van der Waals surface area contributed by atoms with E-state index in [1.807, 2.05) is 18.2 Å². The second-order valence-electron chi connectivity index (χ2n) is 6.01. The van der Waals surface area contributed by atoms with Crippen LogP contribution < -0.4 is 10.6 Å². The van der Waals surface area contributed by atoms with Gasteiger partial charge in [0.25, 0.3) is 0 Å². The van der Waals surface area contributed by atoms with Crippen molar-refractivity contribution in [3.63, 3.8) is 0 Å². The second kappa shape index (κ2) is 10.8. The summed E-state index contributed by atoms with van der Waals surface area (Å²) in [5.74, 6) is 0.868. The van der Waals surface area contributed by atoms with Gasteiger partial charge in [0.1, 0.15) is 0 Å². The third kappa shape index (κ3) is 7.48. The van der Waals surface area contributed by atoms with Crippen LogP contribution in [0.15, 0.2) is 29.4 Å². The Labute approximate surface area is 157 Å². The molecule has 2 N–H and O–H groups in total. The van der Waals surface area contributed by atoms with Crippen LogP contribution in [0.1, 0.15) is 39.3 Å². The number of hydrogen-bond donors (Lipinski definition) is 2. The lowest BCUT2D eigenvalue weighted by molar-refractivity contribution is 0.215. The van der Waals surface area contributed by atoms with Crippen molar-refractivity contribution in [2.75, 3.05) is 19.6 Å². The van der Waals surface area contributed by atoms with E-state index in [2.05, 4.69) is 46.3 Å². The van der Waals surface area contributed by atoms with Crippen LogP contribution in [0.4, 0.5) is 0 Å². The molecule has 0 bridgehead atoms. The van der Waals surface area contributed by atoms with Crippen LogP contribution in [0.2, 0.25) is 0 Å². The number of nitrogens with zero attached hydrogens (tertiary/aromatic N) is 3. The van der Waals surface area contributed by atoms with Crippen molar-refractivity contribution in [3.05, 3.63) is 30.1 Å². The van der Waals surface area contributed by atoms with E-state index in [0.29, 0.717) is 12.6 Å². The minimum absolute atomic E-state index is 0. The first-order chi connectivity index (χ1) is 10.7. The van der Waals surface area contributed by atoms with Gasteiger partial charge in [-0.15, -0.1) is 24.0 Å². The Morgan fingerprint density at radius 2 is 2.13 bits per heavy atom. The SMILES string of the molecule is CCNC(=NCc1ccccn1)NCCN(C(C)C)C1CC1.I. The minimum Gasteiger partial charge on any atom is -0.357 e. The quantitative estimate of drug-likeness (QED) is 0.378. The van der Waals surface area contributed by atoms with Gasteiger partial charge in [-0.1, -0.05) is 6.07 Å². The molecule has 2 rings (SSSR count).